The van der Waals surface area contributed by atoms with Crippen LogP contribution in [-0.4, -0.2) is 17.8 Å². The number of aryl methyl sites for hydroxylation is 2. The fourth-order valence-electron chi connectivity index (χ4n) is 2.78. The van der Waals surface area contributed by atoms with E-state index >= 15 is 0 Å². The molecule has 0 bridgehead atoms. The minimum Gasteiger partial charge on any atom is -0.380 e. The van der Waals surface area contributed by atoms with E-state index in [1.165, 1.54) is 22.2 Å². The number of nitrogens with zero attached hydrogens (tertiary/aromatic N) is 1. The maximum atomic E-state index is 5.33. The molecule has 0 unspecified atom stereocenters. The summed E-state index contributed by atoms with van der Waals surface area (Å²) in [7, 11) is 2.18. The topological polar surface area (TPSA) is 14.2 Å². The van der Waals surface area contributed by atoms with Crippen LogP contribution < -0.4 is 0 Å². The van der Waals surface area contributed by atoms with E-state index in [9.17, 15) is 0 Å². The second kappa shape index (κ2) is 3.63. The zero-order chi connectivity index (χ0) is 11.1. The molecule has 0 N–H and O–H groups in total. The van der Waals surface area contributed by atoms with Crippen molar-refractivity contribution >= 4 is 10.9 Å². The van der Waals surface area contributed by atoms with Gasteiger partial charge in [0, 0.05) is 29.6 Å². The highest BCUT2D eigenvalue weighted by Crippen LogP contribution is 2.34. The molecule has 2 heteroatoms. The summed E-state index contributed by atoms with van der Waals surface area (Å²) in [5, 5.41) is 1.41. The van der Waals surface area contributed by atoms with E-state index in [0.29, 0.717) is 5.92 Å². The Morgan fingerprint density at radius 2 is 2.06 bits per heavy atom. The van der Waals surface area contributed by atoms with Gasteiger partial charge in [0.05, 0.1) is 13.2 Å². The second-order valence-corrected chi connectivity index (χ2v) is 4.53. The van der Waals surface area contributed by atoms with Crippen LogP contribution in [0.5, 0.6) is 0 Å². The predicted molar refractivity (Wildman–Crippen MR) is 65.9 cm³/mol. The van der Waals surface area contributed by atoms with Gasteiger partial charge in [-0.15, -0.1) is 0 Å². The van der Waals surface area contributed by atoms with Crippen LogP contribution in [0.25, 0.3) is 10.9 Å². The minimum atomic E-state index is 0.604. The van der Waals surface area contributed by atoms with E-state index < -0.39 is 0 Å². The first-order valence-corrected chi connectivity index (χ1v) is 5.96. The molecule has 0 aliphatic carbocycles. The summed E-state index contributed by atoms with van der Waals surface area (Å²) in [5.41, 5.74) is 4.34. The molecule has 1 fully saturated rings. The zero-order valence-corrected chi connectivity index (χ0v) is 9.86. The maximum absolute atomic E-state index is 5.33. The van der Waals surface area contributed by atoms with Crippen molar-refractivity contribution in [2.45, 2.75) is 19.3 Å². The van der Waals surface area contributed by atoms with Gasteiger partial charge in [0.15, 0.2) is 0 Å². The Morgan fingerprint density at radius 3 is 2.69 bits per heavy atom. The van der Waals surface area contributed by atoms with Crippen molar-refractivity contribution in [3.05, 3.63) is 35.5 Å². The van der Waals surface area contributed by atoms with Gasteiger partial charge in [-0.1, -0.05) is 25.1 Å². The zero-order valence-electron chi connectivity index (χ0n) is 9.86. The number of benzene rings is 1. The van der Waals surface area contributed by atoms with Gasteiger partial charge in [0.1, 0.15) is 0 Å². The molecule has 1 aromatic heterocycles. The molecule has 16 heavy (non-hydrogen) atoms. The van der Waals surface area contributed by atoms with Crippen LogP contribution in [0, 0.1) is 0 Å². The van der Waals surface area contributed by atoms with E-state index in [0.717, 1.165) is 19.6 Å². The third kappa shape index (κ3) is 1.23. The molecule has 0 saturated carbocycles. The van der Waals surface area contributed by atoms with Gasteiger partial charge in [-0.25, -0.2) is 0 Å². The molecule has 0 spiro atoms. The number of para-hydroxylation sites is 1. The summed E-state index contributed by atoms with van der Waals surface area (Å²) in [6.07, 6.45) is 1.10. The Labute approximate surface area is 95.8 Å². The quantitative estimate of drug-likeness (QED) is 0.751. The lowest BCUT2D eigenvalue weighted by Gasteiger charge is -2.28. The number of hydrogen-bond donors (Lipinski definition) is 0. The fraction of sp³-hybridized carbons (Fsp3) is 0.429. The standard InChI is InChI=1S/C14H17NO/c1-3-11-12-6-4-5-7-13(12)15(2)14(11)10-8-16-9-10/h4-7,10H,3,8-9H2,1-2H3. The van der Waals surface area contributed by atoms with Crippen molar-refractivity contribution in [3.63, 3.8) is 0 Å². The number of fused-ring (bicyclic) bond motifs is 1. The van der Waals surface area contributed by atoms with Crippen LogP contribution in [0.4, 0.5) is 0 Å². The van der Waals surface area contributed by atoms with Crippen molar-refractivity contribution in [1.29, 1.82) is 0 Å². The summed E-state index contributed by atoms with van der Waals surface area (Å²) in [4.78, 5) is 0. The Bertz CT molecular complexity index is 523. The molecular weight excluding hydrogens is 198 g/mol. The van der Waals surface area contributed by atoms with Crippen molar-refractivity contribution < 1.29 is 4.74 Å². The second-order valence-electron chi connectivity index (χ2n) is 4.53. The van der Waals surface area contributed by atoms with Crippen LogP contribution in [-0.2, 0) is 18.2 Å². The number of aromatic nitrogens is 1. The largest absolute Gasteiger partial charge is 0.380 e. The normalized spacial score (nSPS) is 16.6. The summed E-state index contributed by atoms with van der Waals surface area (Å²) in [5.74, 6) is 0.604. The highest BCUT2D eigenvalue weighted by Gasteiger charge is 2.27. The molecular formula is C14H17NO. The molecule has 0 amide bonds. The molecule has 2 heterocycles. The van der Waals surface area contributed by atoms with Gasteiger partial charge in [-0.2, -0.15) is 0 Å². The van der Waals surface area contributed by atoms with Crippen LogP contribution in [0.15, 0.2) is 24.3 Å². The van der Waals surface area contributed by atoms with Gasteiger partial charge in [0.2, 0.25) is 0 Å². The van der Waals surface area contributed by atoms with Crippen molar-refractivity contribution in [2.24, 2.45) is 7.05 Å². The Balaban J connectivity index is 2.28. The van der Waals surface area contributed by atoms with Crippen molar-refractivity contribution in [2.75, 3.05) is 13.2 Å². The molecule has 1 aromatic carbocycles. The van der Waals surface area contributed by atoms with E-state index in [1.54, 1.807) is 0 Å². The Morgan fingerprint density at radius 1 is 1.31 bits per heavy atom. The molecule has 0 radical (unpaired) electrons. The highest BCUT2D eigenvalue weighted by atomic mass is 16.5. The molecule has 1 saturated heterocycles. The molecule has 2 nitrogen and oxygen atoms in total. The van der Waals surface area contributed by atoms with Gasteiger partial charge in [-0.3, -0.25) is 0 Å². The number of hydrogen-bond acceptors (Lipinski definition) is 1. The van der Waals surface area contributed by atoms with Gasteiger partial charge >= 0.3 is 0 Å². The number of ether oxygens (including phenoxy) is 1. The third-order valence-electron chi connectivity index (χ3n) is 3.64. The lowest BCUT2D eigenvalue weighted by atomic mass is 9.97. The first kappa shape index (κ1) is 9.91. The van der Waals surface area contributed by atoms with Crippen molar-refractivity contribution in [1.82, 2.24) is 4.57 Å². The van der Waals surface area contributed by atoms with Crippen molar-refractivity contribution in [3.8, 4) is 0 Å². The average molecular weight is 215 g/mol. The molecule has 1 aliphatic heterocycles. The van der Waals surface area contributed by atoms with Gasteiger partial charge in [0.25, 0.3) is 0 Å². The molecule has 2 aromatic rings. The average Bonchev–Trinajstić information content (AvgIpc) is 2.51. The van der Waals surface area contributed by atoms with E-state index in [1.807, 2.05) is 0 Å². The van der Waals surface area contributed by atoms with Crippen LogP contribution in [0.3, 0.4) is 0 Å². The smallest absolute Gasteiger partial charge is 0.0571 e. The minimum absolute atomic E-state index is 0.604. The molecule has 1 aliphatic rings. The maximum Gasteiger partial charge on any atom is 0.0571 e. The van der Waals surface area contributed by atoms with E-state index in [2.05, 4.69) is 42.8 Å². The first-order valence-electron chi connectivity index (χ1n) is 5.96. The SMILES string of the molecule is CCc1c(C2COC2)n(C)c2ccccc12. The van der Waals surface area contributed by atoms with Crippen LogP contribution in [0.2, 0.25) is 0 Å². The van der Waals surface area contributed by atoms with Gasteiger partial charge < -0.3 is 9.30 Å². The molecule has 3 rings (SSSR count). The summed E-state index contributed by atoms with van der Waals surface area (Å²) in [6, 6.07) is 8.68. The van der Waals surface area contributed by atoms with E-state index in [-0.39, 0.29) is 0 Å². The van der Waals surface area contributed by atoms with Crippen LogP contribution >= 0.6 is 0 Å². The monoisotopic (exact) mass is 215 g/mol. The Hall–Kier alpha value is -1.28. The predicted octanol–water partition coefficient (Wildman–Crippen LogP) is 2.85. The summed E-state index contributed by atoms with van der Waals surface area (Å²) >= 11 is 0. The van der Waals surface area contributed by atoms with Gasteiger partial charge in [-0.05, 0) is 18.1 Å². The fourth-order valence-corrected chi connectivity index (χ4v) is 2.78. The first-order chi connectivity index (χ1) is 7.83. The molecule has 84 valence electrons. The third-order valence-corrected chi connectivity index (χ3v) is 3.64. The summed E-state index contributed by atoms with van der Waals surface area (Å²) < 4.78 is 7.68. The number of rotatable bonds is 2. The lowest BCUT2D eigenvalue weighted by molar-refractivity contribution is 0.00544. The lowest BCUT2D eigenvalue weighted by Crippen LogP contribution is -2.27. The molecule has 0 atom stereocenters. The Kier molecular flexibility index (Phi) is 2.25. The van der Waals surface area contributed by atoms with E-state index in [4.69, 9.17) is 4.74 Å². The highest BCUT2D eigenvalue weighted by molar-refractivity contribution is 5.85. The van der Waals surface area contributed by atoms with Crippen LogP contribution in [0.1, 0.15) is 24.1 Å². The summed E-state index contributed by atoms with van der Waals surface area (Å²) in [6.45, 7) is 4.01.